The van der Waals surface area contributed by atoms with Gasteiger partial charge in [-0.1, -0.05) is 29.3 Å². The Balaban J connectivity index is 1.96. The summed E-state index contributed by atoms with van der Waals surface area (Å²) in [6, 6.07) is 9.54. The zero-order valence-electron chi connectivity index (χ0n) is 12.2. The summed E-state index contributed by atoms with van der Waals surface area (Å²) in [6.07, 6.45) is 0. The van der Waals surface area contributed by atoms with Gasteiger partial charge in [-0.05, 0) is 42.8 Å². The molecule has 0 aromatic heterocycles. The molecular weight excluding hydrogens is 339 g/mol. The van der Waals surface area contributed by atoms with Crippen molar-refractivity contribution in [2.75, 3.05) is 17.7 Å². The van der Waals surface area contributed by atoms with Crippen LogP contribution in [0.2, 0.25) is 10.0 Å². The molecule has 3 N–H and O–H groups in total. The SMILES string of the molecule is Cc1c(Cl)cccc1NC(=O)COC(=O)c1ccc(Cl)cc1N. The van der Waals surface area contributed by atoms with Crippen LogP contribution in [0, 0.1) is 6.92 Å². The number of hydrogen-bond acceptors (Lipinski definition) is 4. The molecule has 7 heteroatoms. The number of rotatable bonds is 4. The number of carbonyl (C=O) groups excluding carboxylic acids is 2. The number of nitrogens with one attached hydrogen (secondary N) is 1. The van der Waals surface area contributed by atoms with Crippen LogP contribution in [0.4, 0.5) is 11.4 Å². The standard InChI is InChI=1S/C16H14Cl2N2O3/c1-9-12(18)3-2-4-14(9)20-15(21)8-23-16(22)11-6-5-10(17)7-13(11)19/h2-7H,8,19H2,1H3,(H,20,21). The minimum Gasteiger partial charge on any atom is -0.452 e. The first-order valence-corrected chi connectivity index (χ1v) is 7.41. The van der Waals surface area contributed by atoms with Crippen molar-refractivity contribution >= 4 is 46.5 Å². The Morgan fingerprint density at radius 3 is 2.65 bits per heavy atom. The third-order valence-corrected chi connectivity index (χ3v) is 3.75. The van der Waals surface area contributed by atoms with Gasteiger partial charge in [0.1, 0.15) is 0 Å². The molecule has 0 saturated carbocycles. The number of anilines is 2. The average molecular weight is 353 g/mol. The van der Waals surface area contributed by atoms with Gasteiger partial charge in [-0.2, -0.15) is 0 Å². The molecule has 1 amide bonds. The van der Waals surface area contributed by atoms with Gasteiger partial charge in [-0.3, -0.25) is 4.79 Å². The van der Waals surface area contributed by atoms with Gasteiger partial charge in [-0.15, -0.1) is 0 Å². The minimum atomic E-state index is -0.697. The van der Waals surface area contributed by atoms with Crippen LogP contribution in [0.15, 0.2) is 36.4 Å². The van der Waals surface area contributed by atoms with Crippen molar-refractivity contribution in [3.05, 3.63) is 57.6 Å². The Hall–Kier alpha value is -2.24. The van der Waals surface area contributed by atoms with Gasteiger partial charge in [-0.25, -0.2) is 4.79 Å². The molecule has 0 aliphatic carbocycles. The number of nitrogen functional groups attached to an aromatic ring is 1. The van der Waals surface area contributed by atoms with E-state index in [2.05, 4.69) is 5.32 Å². The fraction of sp³-hybridized carbons (Fsp3) is 0.125. The molecule has 0 bridgehead atoms. The molecular formula is C16H14Cl2N2O3. The highest BCUT2D eigenvalue weighted by molar-refractivity contribution is 6.32. The number of hydrogen-bond donors (Lipinski definition) is 2. The maximum absolute atomic E-state index is 11.9. The molecule has 0 spiro atoms. The van der Waals surface area contributed by atoms with Gasteiger partial charge in [0.15, 0.2) is 6.61 Å². The second-order valence-electron chi connectivity index (χ2n) is 4.77. The molecule has 0 heterocycles. The Morgan fingerprint density at radius 1 is 1.22 bits per heavy atom. The molecule has 2 aromatic rings. The topological polar surface area (TPSA) is 81.4 Å². The van der Waals surface area contributed by atoms with E-state index in [0.29, 0.717) is 15.7 Å². The maximum atomic E-state index is 11.9. The van der Waals surface area contributed by atoms with Gasteiger partial charge >= 0.3 is 5.97 Å². The van der Waals surface area contributed by atoms with E-state index in [1.807, 2.05) is 0 Å². The number of halogens is 2. The highest BCUT2D eigenvalue weighted by atomic mass is 35.5. The number of ether oxygens (including phenoxy) is 1. The first-order valence-electron chi connectivity index (χ1n) is 6.65. The number of nitrogens with two attached hydrogens (primary N) is 1. The summed E-state index contributed by atoms with van der Waals surface area (Å²) in [4.78, 5) is 23.8. The van der Waals surface area contributed by atoms with E-state index in [1.54, 1.807) is 25.1 Å². The van der Waals surface area contributed by atoms with E-state index in [4.69, 9.17) is 33.7 Å². The van der Waals surface area contributed by atoms with Crippen LogP contribution in [0.25, 0.3) is 0 Å². The van der Waals surface area contributed by atoms with Crippen molar-refractivity contribution in [1.29, 1.82) is 0 Å². The fourth-order valence-electron chi connectivity index (χ4n) is 1.86. The monoisotopic (exact) mass is 352 g/mol. The van der Waals surface area contributed by atoms with Crippen molar-refractivity contribution in [3.63, 3.8) is 0 Å². The normalized spacial score (nSPS) is 10.2. The molecule has 120 valence electrons. The van der Waals surface area contributed by atoms with E-state index >= 15 is 0 Å². The van der Waals surface area contributed by atoms with Crippen LogP contribution in [-0.2, 0) is 9.53 Å². The molecule has 23 heavy (non-hydrogen) atoms. The molecule has 0 unspecified atom stereocenters. The summed E-state index contributed by atoms with van der Waals surface area (Å²) < 4.78 is 4.95. The summed E-state index contributed by atoms with van der Waals surface area (Å²) in [6.45, 7) is 1.34. The Labute approximate surface area is 143 Å². The molecule has 0 aliphatic heterocycles. The highest BCUT2D eigenvalue weighted by Crippen LogP contribution is 2.23. The quantitative estimate of drug-likeness (QED) is 0.649. The molecule has 0 radical (unpaired) electrons. The van der Waals surface area contributed by atoms with E-state index in [-0.39, 0.29) is 11.3 Å². The molecule has 0 saturated heterocycles. The van der Waals surface area contributed by atoms with Crippen molar-refractivity contribution < 1.29 is 14.3 Å². The minimum absolute atomic E-state index is 0.154. The van der Waals surface area contributed by atoms with E-state index in [0.717, 1.165) is 5.56 Å². The van der Waals surface area contributed by atoms with Crippen LogP contribution in [0.1, 0.15) is 15.9 Å². The van der Waals surface area contributed by atoms with Gasteiger partial charge in [0, 0.05) is 21.4 Å². The lowest BCUT2D eigenvalue weighted by Gasteiger charge is -2.10. The first-order chi connectivity index (χ1) is 10.9. The lowest BCUT2D eigenvalue weighted by atomic mass is 10.2. The third-order valence-electron chi connectivity index (χ3n) is 3.11. The number of esters is 1. The average Bonchev–Trinajstić information content (AvgIpc) is 2.49. The molecule has 2 aromatic carbocycles. The highest BCUT2D eigenvalue weighted by Gasteiger charge is 2.14. The van der Waals surface area contributed by atoms with Crippen LogP contribution >= 0.6 is 23.2 Å². The number of benzene rings is 2. The zero-order valence-corrected chi connectivity index (χ0v) is 13.7. The fourth-order valence-corrected chi connectivity index (χ4v) is 2.21. The van der Waals surface area contributed by atoms with Crippen LogP contribution in [0.5, 0.6) is 0 Å². The second-order valence-corrected chi connectivity index (χ2v) is 5.61. The van der Waals surface area contributed by atoms with Gasteiger partial charge in [0.05, 0.1) is 5.56 Å². The smallest absolute Gasteiger partial charge is 0.340 e. The van der Waals surface area contributed by atoms with Crippen molar-refractivity contribution in [2.45, 2.75) is 6.92 Å². The Morgan fingerprint density at radius 2 is 1.96 bits per heavy atom. The summed E-state index contributed by atoms with van der Waals surface area (Å²) in [7, 11) is 0. The van der Waals surface area contributed by atoms with Crippen molar-refractivity contribution in [1.82, 2.24) is 0 Å². The summed E-state index contributed by atoms with van der Waals surface area (Å²) >= 11 is 11.7. The van der Waals surface area contributed by atoms with Crippen LogP contribution in [-0.4, -0.2) is 18.5 Å². The molecule has 0 fully saturated rings. The molecule has 0 aliphatic rings. The van der Waals surface area contributed by atoms with Gasteiger partial charge < -0.3 is 15.8 Å². The van der Waals surface area contributed by atoms with Crippen molar-refractivity contribution in [3.8, 4) is 0 Å². The summed E-state index contributed by atoms with van der Waals surface area (Å²) in [5.74, 6) is -1.17. The van der Waals surface area contributed by atoms with Gasteiger partial charge in [0.25, 0.3) is 5.91 Å². The predicted octanol–water partition coefficient (Wildman–Crippen LogP) is 3.68. The predicted molar refractivity (Wildman–Crippen MR) is 91.0 cm³/mol. The van der Waals surface area contributed by atoms with Crippen molar-refractivity contribution in [2.24, 2.45) is 0 Å². The molecule has 0 atom stereocenters. The van der Waals surface area contributed by atoms with Crippen LogP contribution < -0.4 is 11.1 Å². The Kier molecular flexibility index (Phi) is 5.47. The van der Waals surface area contributed by atoms with E-state index in [9.17, 15) is 9.59 Å². The number of carbonyl (C=O) groups is 2. The zero-order chi connectivity index (χ0) is 17.0. The van der Waals surface area contributed by atoms with Gasteiger partial charge in [0.2, 0.25) is 0 Å². The van der Waals surface area contributed by atoms with E-state index < -0.39 is 18.5 Å². The lowest BCUT2D eigenvalue weighted by Crippen LogP contribution is -2.21. The number of amides is 1. The second kappa shape index (κ2) is 7.35. The molecule has 5 nitrogen and oxygen atoms in total. The maximum Gasteiger partial charge on any atom is 0.340 e. The Bertz CT molecular complexity index is 763. The largest absolute Gasteiger partial charge is 0.452 e. The summed E-state index contributed by atoms with van der Waals surface area (Å²) in [5, 5.41) is 3.57. The summed E-state index contributed by atoms with van der Waals surface area (Å²) in [5.41, 5.74) is 7.32. The third kappa shape index (κ3) is 4.37. The van der Waals surface area contributed by atoms with Crippen LogP contribution in [0.3, 0.4) is 0 Å². The van der Waals surface area contributed by atoms with E-state index in [1.165, 1.54) is 18.2 Å². The molecule has 2 rings (SSSR count). The first kappa shape index (κ1) is 17.1. The lowest BCUT2D eigenvalue weighted by molar-refractivity contribution is -0.119.